The molecule has 3 rings (SSSR count). The number of hydrogen-bond acceptors (Lipinski definition) is 5. The Kier molecular flexibility index (Phi) is 7.65. The van der Waals surface area contributed by atoms with Gasteiger partial charge >= 0.3 is 6.09 Å². The number of hydrogen-bond donors (Lipinski definition) is 2. The van der Waals surface area contributed by atoms with Crippen molar-refractivity contribution in [2.45, 2.75) is 37.2 Å². The fraction of sp³-hybridized carbons (Fsp3) is 0.375. The Balaban J connectivity index is 1.69. The highest BCUT2D eigenvalue weighted by atomic mass is 16.6. The number of nitrogens with zero attached hydrogens (tertiary/aromatic N) is 1. The number of carbonyl (C=O) groups is 2. The second kappa shape index (κ2) is 10.6. The number of amides is 2. The Morgan fingerprint density at radius 3 is 2.58 bits per heavy atom. The van der Waals surface area contributed by atoms with Crippen LogP contribution < -0.4 is 15.4 Å². The molecule has 0 unspecified atom stereocenters. The van der Waals surface area contributed by atoms with E-state index in [0.717, 1.165) is 25.7 Å². The van der Waals surface area contributed by atoms with Crippen LogP contribution in [0.1, 0.15) is 41.6 Å². The molecule has 0 atom stereocenters. The minimum atomic E-state index is -0.422. The van der Waals surface area contributed by atoms with Crippen LogP contribution >= 0.6 is 0 Å². The maximum atomic E-state index is 12.8. The maximum absolute atomic E-state index is 12.8. The molecule has 0 saturated heterocycles. The minimum absolute atomic E-state index is 0.143. The van der Waals surface area contributed by atoms with Crippen molar-refractivity contribution in [3.05, 3.63) is 72.4 Å². The number of ether oxygens (including phenoxy) is 2. The third-order valence-corrected chi connectivity index (χ3v) is 5.74. The minimum Gasteiger partial charge on any atom is -0.480 e. The van der Waals surface area contributed by atoms with Crippen molar-refractivity contribution in [1.82, 2.24) is 15.6 Å². The zero-order valence-corrected chi connectivity index (χ0v) is 17.8. The molecule has 2 amide bonds. The average Bonchev–Trinajstić information content (AvgIpc) is 2.82. The first-order valence-electron chi connectivity index (χ1n) is 10.5. The fourth-order valence-corrected chi connectivity index (χ4v) is 4.04. The topological polar surface area (TPSA) is 89.6 Å². The van der Waals surface area contributed by atoms with Gasteiger partial charge in [0.15, 0.2) is 0 Å². The molecule has 2 N–H and O–H groups in total. The van der Waals surface area contributed by atoms with Gasteiger partial charge in [-0.1, -0.05) is 36.4 Å². The predicted octanol–water partition coefficient (Wildman–Crippen LogP) is 3.61. The molecule has 31 heavy (non-hydrogen) atoms. The average molecular weight is 424 g/mol. The van der Waals surface area contributed by atoms with E-state index in [2.05, 4.69) is 34.3 Å². The summed E-state index contributed by atoms with van der Waals surface area (Å²) in [6.45, 7) is 4.44. The van der Waals surface area contributed by atoms with Gasteiger partial charge in [-0.05, 0) is 43.4 Å². The van der Waals surface area contributed by atoms with E-state index in [1.54, 1.807) is 24.4 Å². The molecule has 0 bridgehead atoms. The molecule has 1 aromatic heterocycles. The molecular weight excluding hydrogens is 394 g/mol. The van der Waals surface area contributed by atoms with Gasteiger partial charge in [0.2, 0.25) is 5.88 Å². The number of nitrogens with one attached hydrogen (secondary N) is 2. The molecule has 0 radical (unpaired) electrons. The normalized spacial score (nSPS) is 20.4. The smallest absolute Gasteiger partial charge is 0.407 e. The van der Waals surface area contributed by atoms with Gasteiger partial charge in [0.25, 0.3) is 5.91 Å². The van der Waals surface area contributed by atoms with Crippen LogP contribution in [0.25, 0.3) is 0 Å². The third-order valence-electron chi connectivity index (χ3n) is 5.74. The molecule has 1 heterocycles. The third kappa shape index (κ3) is 5.63. The van der Waals surface area contributed by atoms with Crippen LogP contribution in [0.2, 0.25) is 0 Å². The van der Waals surface area contributed by atoms with Gasteiger partial charge in [-0.15, -0.1) is 6.58 Å². The van der Waals surface area contributed by atoms with Crippen LogP contribution in [0.3, 0.4) is 0 Å². The SMILES string of the molecule is C=CCNC(=O)OC1CCC(CNC(=O)c2cccnc2OC)(c2ccccc2)CC1. The molecule has 7 nitrogen and oxygen atoms in total. The standard InChI is InChI=1S/C24H29N3O4/c1-3-15-26-23(29)31-19-11-13-24(14-12-19,18-8-5-4-6-9-18)17-27-21(28)20-10-7-16-25-22(20)30-2/h3-10,16,19H,1,11-15,17H2,2H3,(H,26,29)(H,27,28). The van der Waals surface area contributed by atoms with E-state index in [1.807, 2.05) is 18.2 Å². The van der Waals surface area contributed by atoms with E-state index in [4.69, 9.17) is 9.47 Å². The quantitative estimate of drug-likeness (QED) is 0.633. The Morgan fingerprint density at radius 2 is 1.90 bits per heavy atom. The second-order valence-electron chi connectivity index (χ2n) is 7.66. The molecule has 1 aliphatic carbocycles. The molecular formula is C24H29N3O4. The lowest BCUT2D eigenvalue weighted by molar-refractivity contribution is 0.0570. The summed E-state index contributed by atoms with van der Waals surface area (Å²) in [5, 5.41) is 5.72. The maximum Gasteiger partial charge on any atom is 0.407 e. The van der Waals surface area contributed by atoms with Crippen molar-refractivity contribution in [2.75, 3.05) is 20.2 Å². The van der Waals surface area contributed by atoms with Crippen molar-refractivity contribution in [3.8, 4) is 5.88 Å². The molecule has 1 fully saturated rings. The molecule has 1 aromatic carbocycles. The number of pyridine rings is 1. The van der Waals surface area contributed by atoms with E-state index in [-0.39, 0.29) is 17.4 Å². The highest BCUT2D eigenvalue weighted by molar-refractivity contribution is 5.96. The van der Waals surface area contributed by atoms with Crippen molar-refractivity contribution >= 4 is 12.0 Å². The monoisotopic (exact) mass is 423 g/mol. The summed E-state index contributed by atoms with van der Waals surface area (Å²) in [7, 11) is 1.50. The number of methoxy groups -OCH3 is 1. The number of rotatable bonds is 8. The molecule has 164 valence electrons. The first-order chi connectivity index (χ1) is 15.1. The highest BCUT2D eigenvalue weighted by Gasteiger charge is 2.38. The van der Waals surface area contributed by atoms with E-state index < -0.39 is 6.09 Å². The zero-order valence-electron chi connectivity index (χ0n) is 17.8. The van der Waals surface area contributed by atoms with E-state index in [1.165, 1.54) is 12.7 Å². The van der Waals surface area contributed by atoms with Crippen molar-refractivity contribution in [2.24, 2.45) is 0 Å². The van der Waals surface area contributed by atoms with Gasteiger partial charge in [0, 0.05) is 24.7 Å². The number of alkyl carbamates (subject to hydrolysis) is 1. The summed E-state index contributed by atoms with van der Waals surface area (Å²) in [6.07, 6.45) is 5.67. The molecule has 1 saturated carbocycles. The van der Waals surface area contributed by atoms with Crippen LogP contribution in [0.5, 0.6) is 5.88 Å². The summed E-state index contributed by atoms with van der Waals surface area (Å²) in [5.41, 5.74) is 1.34. The predicted molar refractivity (Wildman–Crippen MR) is 118 cm³/mol. The Labute approximate surface area is 182 Å². The molecule has 1 aliphatic rings. The summed E-state index contributed by atoms with van der Waals surface area (Å²) in [4.78, 5) is 28.8. The van der Waals surface area contributed by atoms with Crippen molar-refractivity contribution in [3.63, 3.8) is 0 Å². The van der Waals surface area contributed by atoms with Crippen LogP contribution in [-0.2, 0) is 10.2 Å². The lowest BCUT2D eigenvalue weighted by atomic mass is 9.68. The Morgan fingerprint density at radius 1 is 1.16 bits per heavy atom. The molecule has 7 heteroatoms. The van der Waals surface area contributed by atoms with Crippen LogP contribution in [0.4, 0.5) is 4.79 Å². The Bertz CT molecular complexity index is 893. The van der Waals surface area contributed by atoms with Gasteiger partial charge in [-0.2, -0.15) is 0 Å². The van der Waals surface area contributed by atoms with Gasteiger partial charge in [0.05, 0.1) is 7.11 Å². The van der Waals surface area contributed by atoms with Gasteiger partial charge in [0.1, 0.15) is 11.7 Å². The highest BCUT2D eigenvalue weighted by Crippen LogP contribution is 2.40. The summed E-state index contributed by atoms with van der Waals surface area (Å²) < 4.78 is 10.8. The van der Waals surface area contributed by atoms with Crippen LogP contribution in [-0.4, -0.2) is 43.3 Å². The molecule has 2 aromatic rings. The summed E-state index contributed by atoms with van der Waals surface area (Å²) >= 11 is 0. The second-order valence-corrected chi connectivity index (χ2v) is 7.66. The largest absolute Gasteiger partial charge is 0.480 e. The molecule has 0 aliphatic heterocycles. The fourth-order valence-electron chi connectivity index (χ4n) is 4.04. The number of benzene rings is 1. The summed E-state index contributed by atoms with van der Waals surface area (Å²) in [5.74, 6) is 0.0823. The van der Waals surface area contributed by atoms with E-state index in [0.29, 0.717) is 24.5 Å². The van der Waals surface area contributed by atoms with Crippen molar-refractivity contribution in [1.29, 1.82) is 0 Å². The Hall–Kier alpha value is -3.35. The van der Waals surface area contributed by atoms with Gasteiger partial charge in [-0.3, -0.25) is 4.79 Å². The first-order valence-corrected chi connectivity index (χ1v) is 10.5. The zero-order chi connectivity index (χ0) is 22.1. The van der Waals surface area contributed by atoms with E-state index >= 15 is 0 Å². The van der Waals surface area contributed by atoms with Crippen LogP contribution in [0.15, 0.2) is 61.3 Å². The lowest BCUT2D eigenvalue weighted by Gasteiger charge is -2.40. The number of carbonyl (C=O) groups excluding carboxylic acids is 2. The van der Waals surface area contributed by atoms with Crippen LogP contribution in [0, 0.1) is 0 Å². The molecule has 0 spiro atoms. The van der Waals surface area contributed by atoms with E-state index in [9.17, 15) is 9.59 Å². The summed E-state index contributed by atoms with van der Waals surface area (Å²) in [6, 6.07) is 13.6. The number of aromatic nitrogens is 1. The lowest BCUT2D eigenvalue weighted by Crippen LogP contribution is -2.45. The first kappa shape index (κ1) is 22.3. The van der Waals surface area contributed by atoms with Gasteiger partial charge < -0.3 is 20.1 Å². The van der Waals surface area contributed by atoms with Gasteiger partial charge in [-0.25, -0.2) is 9.78 Å². The van der Waals surface area contributed by atoms with Crippen molar-refractivity contribution < 1.29 is 19.1 Å².